The van der Waals surface area contributed by atoms with E-state index in [1.807, 2.05) is 0 Å². The van der Waals surface area contributed by atoms with Gasteiger partial charge in [-0.1, -0.05) is 12.1 Å². The van der Waals surface area contributed by atoms with Crippen LogP contribution < -0.4 is 5.32 Å². The Morgan fingerprint density at radius 1 is 1.07 bits per heavy atom. The number of imide groups is 1. The number of nitrogens with zero attached hydrogens (tertiary/aromatic N) is 4. The van der Waals surface area contributed by atoms with E-state index >= 15 is 0 Å². The molecule has 9 heteroatoms. The summed E-state index contributed by atoms with van der Waals surface area (Å²) in [5, 5.41) is 2.91. The first-order chi connectivity index (χ1) is 14.5. The lowest BCUT2D eigenvalue weighted by atomic mass is 10.0. The van der Waals surface area contributed by atoms with Gasteiger partial charge in [-0.2, -0.15) is 0 Å². The third-order valence-electron chi connectivity index (χ3n) is 5.50. The van der Waals surface area contributed by atoms with Gasteiger partial charge in [0.1, 0.15) is 11.7 Å². The number of hydrogen-bond donors (Lipinski definition) is 1. The number of fused-ring (bicyclic) bond motifs is 1. The van der Waals surface area contributed by atoms with Crippen LogP contribution in [0.5, 0.6) is 0 Å². The molecule has 30 heavy (non-hydrogen) atoms. The molecule has 2 aromatic rings. The predicted octanol–water partition coefficient (Wildman–Crippen LogP) is 0.882. The monoisotopic (exact) mass is 407 g/mol. The van der Waals surface area contributed by atoms with Crippen molar-refractivity contribution in [1.82, 2.24) is 25.1 Å². The number of likely N-dealkylation sites (tertiary alicyclic amines) is 1. The zero-order chi connectivity index (χ0) is 21.3. The van der Waals surface area contributed by atoms with Gasteiger partial charge in [0.15, 0.2) is 0 Å². The minimum atomic E-state index is -0.920. The summed E-state index contributed by atoms with van der Waals surface area (Å²) in [7, 11) is 0. The van der Waals surface area contributed by atoms with Crippen LogP contribution in [-0.4, -0.2) is 68.6 Å². The zero-order valence-electron chi connectivity index (χ0n) is 16.4. The summed E-state index contributed by atoms with van der Waals surface area (Å²) in [5.74, 6) is -1.49. The van der Waals surface area contributed by atoms with Crippen LogP contribution in [0.1, 0.15) is 51.0 Å². The van der Waals surface area contributed by atoms with Crippen LogP contribution in [0.2, 0.25) is 0 Å². The van der Waals surface area contributed by atoms with Gasteiger partial charge in [0.2, 0.25) is 5.91 Å². The molecule has 0 aliphatic carbocycles. The molecule has 0 saturated carbocycles. The summed E-state index contributed by atoms with van der Waals surface area (Å²) in [5.41, 5.74) is 0.926. The lowest BCUT2D eigenvalue weighted by molar-refractivity contribution is -0.125. The van der Waals surface area contributed by atoms with Crippen molar-refractivity contribution in [2.75, 3.05) is 13.1 Å². The molecule has 1 N–H and O–H groups in total. The van der Waals surface area contributed by atoms with E-state index in [2.05, 4.69) is 15.3 Å². The summed E-state index contributed by atoms with van der Waals surface area (Å²) in [4.78, 5) is 60.9. The van der Waals surface area contributed by atoms with Crippen LogP contribution in [0.25, 0.3) is 0 Å². The van der Waals surface area contributed by atoms with E-state index < -0.39 is 17.9 Å². The number of nitrogens with one attached hydrogen (secondary N) is 1. The van der Waals surface area contributed by atoms with E-state index in [0.717, 1.165) is 4.90 Å². The molecule has 1 fully saturated rings. The Labute approximate surface area is 173 Å². The van der Waals surface area contributed by atoms with Crippen molar-refractivity contribution in [3.63, 3.8) is 0 Å². The highest BCUT2D eigenvalue weighted by Gasteiger charge is 2.41. The van der Waals surface area contributed by atoms with Crippen LogP contribution in [0.3, 0.4) is 0 Å². The number of rotatable bonds is 4. The molecular weight excluding hydrogens is 386 g/mol. The van der Waals surface area contributed by atoms with Crippen LogP contribution in [0, 0.1) is 0 Å². The van der Waals surface area contributed by atoms with E-state index in [9.17, 15) is 19.2 Å². The second-order valence-electron chi connectivity index (χ2n) is 7.37. The smallest absolute Gasteiger partial charge is 0.274 e. The highest BCUT2D eigenvalue weighted by molar-refractivity contribution is 6.22. The lowest BCUT2D eigenvalue weighted by Gasteiger charge is -2.33. The minimum absolute atomic E-state index is 0.138. The van der Waals surface area contributed by atoms with Gasteiger partial charge in [0, 0.05) is 31.5 Å². The average molecular weight is 407 g/mol. The van der Waals surface area contributed by atoms with Crippen LogP contribution in [-0.2, 0) is 4.79 Å². The largest absolute Gasteiger partial charge is 0.351 e. The molecule has 0 spiro atoms. The maximum Gasteiger partial charge on any atom is 0.274 e. The summed E-state index contributed by atoms with van der Waals surface area (Å²) in [6.45, 7) is 2.49. The second-order valence-corrected chi connectivity index (χ2v) is 7.37. The summed E-state index contributed by atoms with van der Waals surface area (Å²) >= 11 is 0. The fourth-order valence-corrected chi connectivity index (χ4v) is 3.80. The molecule has 3 heterocycles. The average Bonchev–Trinajstić information content (AvgIpc) is 3.04. The molecule has 4 amide bonds. The van der Waals surface area contributed by atoms with E-state index in [4.69, 9.17) is 0 Å². The van der Waals surface area contributed by atoms with E-state index in [1.165, 1.54) is 18.6 Å². The first-order valence-corrected chi connectivity index (χ1v) is 9.80. The van der Waals surface area contributed by atoms with Crippen molar-refractivity contribution in [1.29, 1.82) is 0 Å². The molecule has 4 rings (SSSR count). The number of hydrogen-bond acceptors (Lipinski definition) is 6. The maximum absolute atomic E-state index is 12.7. The van der Waals surface area contributed by atoms with Crippen molar-refractivity contribution in [2.24, 2.45) is 0 Å². The molecule has 0 radical (unpaired) electrons. The molecular formula is C21H21N5O4. The Hall–Kier alpha value is -3.62. The van der Waals surface area contributed by atoms with Crippen molar-refractivity contribution in [2.45, 2.75) is 31.8 Å². The number of aromatic nitrogens is 2. The summed E-state index contributed by atoms with van der Waals surface area (Å²) < 4.78 is 0. The van der Waals surface area contributed by atoms with Crippen LogP contribution >= 0.6 is 0 Å². The van der Waals surface area contributed by atoms with Crippen molar-refractivity contribution in [3.05, 3.63) is 59.7 Å². The van der Waals surface area contributed by atoms with Crippen LogP contribution in [0.4, 0.5) is 0 Å². The fraction of sp³-hybridized carbons (Fsp3) is 0.333. The van der Waals surface area contributed by atoms with Crippen LogP contribution in [0.15, 0.2) is 42.9 Å². The van der Waals surface area contributed by atoms with Gasteiger partial charge in [-0.15, -0.1) is 0 Å². The van der Waals surface area contributed by atoms with E-state index in [0.29, 0.717) is 42.8 Å². The summed E-state index contributed by atoms with van der Waals surface area (Å²) in [6, 6.07) is 5.49. The molecule has 154 valence electrons. The minimum Gasteiger partial charge on any atom is -0.351 e. The molecule has 1 unspecified atom stereocenters. The number of benzene rings is 1. The Morgan fingerprint density at radius 2 is 1.70 bits per heavy atom. The maximum atomic E-state index is 12.7. The third kappa shape index (κ3) is 3.54. The number of carbonyl (C=O) groups excluding carboxylic acids is 4. The first kappa shape index (κ1) is 19.7. The molecule has 2 aliphatic heterocycles. The van der Waals surface area contributed by atoms with Gasteiger partial charge < -0.3 is 10.2 Å². The Morgan fingerprint density at radius 3 is 2.27 bits per heavy atom. The summed E-state index contributed by atoms with van der Waals surface area (Å²) in [6.07, 6.45) is 5.56. The number of piperidine rings is 1. The lowest BCUT2D eigenvalue weighted by Crippen LogP contribution is -2.53. The van der Waals surface area contributed by atoms with Gasteiger partial charge in [0.25, 0.3) is 17.7 Å². The molecule has 1 saturated heterocycles. The van der Waals surface area contributed by atoms with Crippen molar-refractivity contribution >= 4 is 23.6 Å². The van der Waals surface area contributed by atoms with Gasteiger partial charge in [-0.05, 0) is 31.9 Å². The molecule has 1 atom stereocenters. The Bertz CT molecular complexity index is 966. The predicted molar refractivity (Wildman–Crippen MR) is 106 cm³/mol. The molecule has 0 bridgehead atoms. The Balaban J connectivity index is 1.34. The first-order valence-electron chi connectivity index (χ1n) is 9.80. The molecule has 2 aliphatic rings. The second kappa shape index (κ2) is 8.02. The zero-order valence-corrected chi connectivity index (χ0v) is 16.4. The highest BCUT2D eigenvalue weighted by Crippen LogP contribution is 2.24. The number of amides is 4. The van der Waals surface area contributed by atoms with E-state index in [1.54, 1.807) is 36.1 Å². The van der Waals surface area contributed by atoms with Gasteiger partial charge in [0.05, 0.1) is 17.3 Å². The normalized spacial score (nSPS) is 17.6. The molecule has 1 aromatic heterocycles. The number of carbonyl (C=O) groups is 4. The van der Waals surface area contributed by atoms with Crippen molar-refractivity contribution in [3.8, 4) is 0 Å². The molecule has 1 aromatic carbocycles. The van der Waals surface area contributed by atoms with Gasteiger partial charge in [-0.25, -0.2) is 4.98 Å². The SMILES string of the molecule is CC(C(=O)NC1CCN(C(=O)c2cnccn2)CC1)N1C(=O)c2ccccc2C1=O. The van der Waals surface area contributed by atoms with E-state index in [-0.39, 0.29) is 17.9 Å². The third-order valence-corrected chi connectivity index (χ3v) is 5.50. The van der Waals surface area contributed by atoms with Crippen molar-refractivity contribution < 1.29 is 19.2 Å². The fourth-order valence-electron chi connectivity index (χ4n) is 3.80. The highest BCUT2D eigenvalue weighted by atomic mass is 16.2. The quantitative estimate of drug-likeness (QED) is 0.753. The van der Waals surface area contributed by atoms with Gasteiger partial charge in [-0.3, -0.25) is 29.1 Å². The topological polar surface area (TPSA) is 113 Å². The van der Waals surface area contributed by atoms with Gasteiger partial charge >= 0.3 is 0 Å². The standard InChI is InChI=1S/C21H21N5O4/c1-13(26-19(28)15-4-2-3-5-16(15)20(26)29)18(27)24-14-6-10-25(11-7-14)21(30)17-12-22-8-9-23-17/h2-5,8-9,12-14H,6-7,10-11H2,1H3,(H,24,27). The molecule has 9 nitrogen and oxygen atoms in total. The Kier molecular flexibility index (Phi) is 5.26.